The first-order chi connectivity index (χ1) is 8.58. The van der Waals surface area contributed by atoms with E-state index in [0.29, 0.717) is 11.6 Å². The van der Waals surface area contributed by atoms with E-state index >= 15 is 0 Å². The molecule has 0 N–H and O–H groups in total. The van der Waals surface area contributed by atoms with E-state index < -0.39 is 0 Å². The minimum Gasteiger partial charge on any atom is -0.484 e. The van der Waals surface area contributed by atoms with Gasteiger partial charge in [0.2, 0.25) is 0 Å². The molecular weight excluding hydrogens is 231 g/mol. The third-order valence-corrected chi connectivity index (χ3v) is 2.72. The average molecular weight is 248 g/mol. The van der Waals surface area contributed by atoms with Gasteiger partial charge in [0.15, 0.2) is 11.6 Å². The molecule has 0 unspecified atom stereocenters. The first-order valence-electron chi connectivity index (χ1n) is 6.00. The molecule has 0 fully saturated rings. The van der Waals surface area contributed by atoms with E-state index in [1.165, 1.54) is 0 Å². The Balaban J connectivity index is 2.04. The van der Waals surface area contributed by atoms with Gasteiger partial charge in [0.05, 0.1) is 5.69 Å². The second-order valence-corrected chi connectivity index (χ2v) is 4.56. The lowest BCUT2D eigenvalue weighted by atomic mass is 10.2. The number of ether oxygens (including phenoxy) is 1. The fourth-order valence-corrected chi connectivity index (χ4v) is 1.63. The SMILES string of the molecule is Cc1cccc(OCc2ccn(C(C)C)n2)c1F. The lowest BCUT2D eigenvalue weighted by molar-refractivity contribution is 0.283. The van der Waals surface area contributed by atoms with Crippen LogP contribution in [0, 0.1) is 12.7 Å². The third kappa shape index (κ3) is 2.70. The van der Waals surface area contributed by atoms with Crippen LogP contribution in [-0.2, 0) is 6.61 Å². The van der Waals surface area contributed by atoms with Gasteiger partial charge in [-0.3, -0.25) is 4.68 Å². The maximum absolute atomic E-state index is 13.7. The third-order valence-electron chi connectivity index (χ3n) is 2.72. The smallest absolute Gasteiger partial charge is 0.167 e. The quantitative estimate of drug-likeness (QED) is 0.828. The van der Waals surface area contributed by atoms with Gasteiger partial charge in [0, 0.05) is 12.2 Å². The second kappa shape index (κ2) is 5.21. The summed E-state index contributed by atoms with van der Waals surface area (Å²) in [6.07, 6.45) is 1.90. The molecule has 0 aliphatic heterocycles. The van der Waals surface area contributed by atoms with Gasteiger partial charge in [0.1, 0.15) is 6.61 Å². The van der Waals surface area contributed by atoms with Crippen molar-refractivity contribution in [2.24, 2.45) is 0 Å². The molecule has 4 heteroatoms. The topological polar surface area (TPSA) is 27.1 Å². The predicted octanol–water partition coefficient (Wildman–Crippen LogP) is 3.49. The van der Waals surface area contributed by atoms with Gasteiger partial charge in [-0.25, -0.2) is 4.39 Å². The summed E-state index contributed by atoms with van der Waals surface area (Å²) in [6, 6.07) is 7.32. The van der Waals surface area contributed by atoms with Crippen LogP contribution in [0.4, 0.5) is 4.39 Å². The Bertz CT molecular complexity index is 534. The van der Waals surface area contributed by atoms with Crippen molar-refractivity contribution in [3.05, 3.63) is 47.5 Å². The van der Waals surface area contributed by atoms with E-state index in [1.54, 1.807) is 25.1 Å². The summed E-state index contributed by atoms with van der Waals surface area (Å²) in [7, 11) is 0. The zero-order chi connectivity index (χ0) is 13.1. The summed E-state index contributed by atoms with van der Waals surface area (Å²) in [5.41, 5.74) is 1.38. The van der Waals surface area contributed by atoms with Crippen molar-refractivity contribution >= 4 is 0 Å². The van der Waals surface area contributed by atoms with Crippen molar-refractivity contribution in [1.29, 1.82) is 0 Å². The Kier molecular flexibility index (Phi) is 3.65. The van der Waals surface area contributed by atoms with Gasteiger partial charge in [-0.2, -0.15) is 5.10 Å². The Morgan fingerprint density at radius 1 is 1.33 bits per heavy atom. The monoisotopic (exact) mass is 248 g/mol. The highest BCUT2D eigenvalue weighted by Crippen LogP contribution is 2.20. The molecule has 2 aromatic rings. The van der Waals surface area contributed by atoms with Crippen LogP contribution in [0.1, 0.15) is 31.1 Å². The zero-order valence-electron chi connectivity index (χ0n) is 10.9. The molecule has 2 rings (SSSR count). The van der Waals surface area contributed by atoms with Crippen molar-refractivity contribution in [2.45, 2.75) is 33.4 Å². The molecule has 0 radical (unpaired) electrons. The molecule has 0 amide bonds. The molecule has 0 aliphatic rings. The van der Waals surface area contributed by atoms with E-state index in [0.717, 1.165) is 5.69 Å². The Hall–Kier alpha value is -1.84. The van der Waals surface area contributed by atoms with Gasteiger partial charge in [-0.1, -0.05) is 12.1 Å². The van der Waals surface area contributed by atoms with Crippen LogP contribution in [0.5, 0.6) is 5.75 Å². The first-order valence-corrected chi connectivity index (χ1v) is 6.00. The minimum atomic E-state index is -0.305. The van der Waals surface area contributed by atoms with Crippen LogP contribution in [0.15, 0.2) is 30.5 Å². The summed E-state index contributed by atoms with van der Waals surface area (Å²) in [5, 5.41) is 4.35. The highest BCUT2D eigenvalue weighted by atomic mass is 19.1. The summed E-state index contributed by atoms with van der Waals surface area (Å²) >= 11 is 0. The molecule has 0 spiro atoms. The van der Waals surface area contributed by atoms with Crippen LogP contribution in [0.3, 0.4) is 0 Å². The summed E-state index contributed by atoms with van der Waals surface area (Å²) in [5.74, 6) is -0.0325. The van der Waals surface area contributed by atoms with Crippen LogP contribution in [0.25, 0.3) is 0 Å². The number of rotatable bonds is 4. The molecule has 0 aliphatic carbocycles. The normalized spacial score (nSPS) is 10.9. The van der Waals surface area contributed by atoms with Crippen molar-refractivity contribution < 1.29 is 9.13 Å². The van der Waals surface area contributed by atoms with Crippen molar-refractivity contribution in [3.8, 4) is 5.75 Å². The fourth-order valence-electron chi connectivity index (χ4n) is 1.63. The van der Waals surface area contributed by atoms with E-state index in [2.05, 4.69) is 18.9 Å². The minimum absolute atomic E-state index is 0.272. The van der Waals surface area contributed by atoms with Crippen LogP contribution in [-0.4, -0.2) is 9.78 Å². The summed E-state index contributed by atoms with van der Waals surface area (Å²) < 4.78 is 21.0. The van der Waals surface area contributed by atoms with Crippen molar-refractivity contribution in [1.82, 2.24) is 9.78 Å². The molecule has 1 aromatic carbocycles. The number of aryl methyl sites for hydroxylation is 1. The largest absolute Gasteiger partial charge is 0.484 e. The first kappa shape index (κ1) is 12.6. The lowest BCUT2D eigenvalue weighted by Crippen LogP contribution is -2.04. The number of hydrogen-bond donors (Lipinski definition) is 0. The Morgan fingerprint density at radius 3 is 2.78 bits per heavy atom. The van der Waals surface area contributed by atoms with Gasteiger partial charge < -0.3 is 4.74 Å². The van der Waals surface area contributed by atoms with E-state index in [-0.39, 0.29) is 18.2 Å². The van der Waals surface area contributed by atoms with Gasteiger partial charge in [-0.05, 0) is 38.5 Å². The zero-order valence-corrected chi connectivity index (χ0v) is 10.9. The standard InChI is InChI=1S/C14H17FN2O/c1-10(2)17-8-7-12(16-17)9-18-13-6-4-5-11(3)14(13)15/h4-8,10H,9H2,1-3H3. The number of nitrogens with zero attached hydrogens (tertiary/aromatic N) is 2. The molecular formula is C14H17FN2O. The highest BCUT2D eigenvalue weighted by molar-refractivity contribution is 5.30. The van der Waals surface area contributed by atoms with Gasteiger partial charge in [0.25, 0.3) is 0 Å². The Labute approximate surface area is 106 Å². The maximum atomic E-state index is 13.7. The van der Waals surface area contributed by atoms with E-state index in [9.17, 15) is 4.39 Å². The number of aromatic nitrogens is 2. The number of benzene rings is 1. The highest BCUT2D eigenvalue weighted by Gasteiger charge is 2.07. The predicted molar refractivity (Wildman–Crippen MR) is 68.1 cm³/mol. The molecule has 0 saturated carbocycles. The molecule has 1 heterocycles. The van der Waals surface area contributed by atoms with Gasteiger partial charge in [-0.15, -0.1) is 0 Å². The van der Waals surface area contributed by atoms with E-state index in [1.807, 2.05) is 16.9 Å². The van der Waals surface area contributed by atoms with Crippen LogP contribution in [0.2, 0.25) is 0 Å². The summed E-state index contributed by atoms with van der Waals surface area (Å²) in [4.78, 5) is 0. The molecule has 0 bridgehead atoms. The molecule has 3 nitrogen and oxygen atoms in total. The molecule has 18 heavy (non-hydrogen) atoms. The maximum Gasteiger partial charge on any atom is 0.167 e. The van der Waals surface area contributed by atoms with Gasteiger partial charge >= 0.3 is 0 Å². The number of halogens is 1. The van der Waals surface area contributed by atoms with Crippen LogP contribution < -0.4 is 4.74 Å². The van der Waals surface area contributed by atoms with Crippen molar-refractivity contribution in [2.75, 3.05) is 0 Å². The lowest BCUT2D eigenvalue weighted by Gasteiger charge is -2.07. The fraction of sp³-hybridized carbons (Fsp3) is 0.357. The molecule has 1 aromatic heterocycles. The average Bonchev–Trinajstić information content (AvgIpc) is 2.80. The van der Waals surface area contributed by atoms with Crippen LogP contribution >= 0.6 is 0 Å². The second-order valence-electron chi connectivity index (χ2n) is 4.56. The van der Waals surface area contributed by atoms with E-state index in [4.69, 9.17) is 4.74 Å². The summed E-state index contributed by atoms with van der Waals surface area (Å²) in [6.45, 7) is 6.10. The molecule has 96 valence electrons. The number of hydrogen-bond acceptors (Lipinski definition) is 2. The Morgan fingerprint density at radius 2 is 2.11 bits per heavy atom. The molecule has 0 atom stereocenters. The molecule has 0 saturated heterocycles. The van der Waals surface area contributed by atoms with Crippen molar-refractivity contribution in [3.63, 3.8) is 0 Å².